The Morgan fingerprint density at radius 2 is 2.08 bits per heavy atom. The predicted octanol–water partition coefficient (Wildman–Crippen LogP) is 1.51. The standard InChI is InChI=1S/C16H19ClF3N3O3/c1-8-21-12(6-13(25)22-8)14(26)23-15(2,7-24)10-4-3-9(5-11(10)17)16(18,19)20/h3-5,8,12,21,24H,6-7H2,1-2H3,(H,22,25)(H,23,26)/t8?,12?,15-/m1/s1. The van der Waals surface area contributed by atoms with E-state index in [1.807, 2.05) is 0 Å². The maximum atomic E-state index is 12.8. The predicted molar refractivity (Wildman–Crippen MR) is 88.2 cm³/mol. The highest BCUT2D eigenvalue weighted by Gasteiger charge is 2.37. The third-order valence-electron chi connectivity index (χ3n) is 4.14. The number of hydrogen-bond acceptors (Lipinski definition) is 4. The van der Waals surface area contributed by atoms with Gasteiger partial charge in [-0.3, -0.25) is 14.9 Å². The number of rotatable bonds is 4. The van der Waals surface area contributed by atoms with Crippen LogP contribution in [0.3, 0.4) is 0 Å². The Bertz CT molecular complexity index is 714. The van der Waals surface area contributed by atoms with E-state index in [2.05, 4.69) is 16.0 Å². The normalized spacial score (nSPS) is 23.1. The van der Waals surface area contributed by atoms with Gasteiger partial charge in [0.05, 0.1) is 36.3 Å². The second-order valence-corrected chi connectivity index (χ2v) is 6.79. The first-order valence-electron chi connectivity index (χ1n) is 7.82. The fourth-order valence-corrected chi connectivity index (χ4v) is 3.14. The van der Waals surface area contributed by atoms with E-state index in [1.165, 1.54) is 6.92 Å². The molecule has 1 heterocycles. The summed E-state index contributed by atoms with van der Waals surface area (Å²) < 4.78 is 38.3. The molecule has 0 radical (unpaired) electrons. The van der Waals surface area contributed by atoms with E-state index in [4.69, 9.17) is 11.6 Å². The summed E-state index contributed by atoms with van der Waals surface area (Å²) in [6, 6.07) is 1.85. The number of aliphatic hydroxyl groups is 1. The SMILES string of the molecule is CC1NC(=O)CC(C(=O)N[C@](C)(CO)c2ccc(C(F)(F)F)cc2Cl)N1. The molecule has 0 spiro atoms. The highest BCUT2D eigenvalue weighted by Crippen LogP contribution is 2.35. The van der Waals surface area contributed by atoms with E-state index in [0.717, 1.165) is 18.2 Å². The van der Waals surface area contributed by atoms with Crippen LogP contribution in [0.1, 0.15) is 31.4 Å². The number of nitrogens with one attached hydrogen (secondary N) is 3. The van der Waals surface area contributed by atoms with Crippen molar-refractivity contribution in [1.82, 2.24) is 16.0 Å². The molecule has 0 saturated carbocycles. The van der Waals surface area contributed by atoms with E-state index in [-0.39, 0.29) is 22.9 Å². The first-order valence-corrected chi connectivity index (χ1v) is 8.19. The maximum absolute atomic E-state index is 12.8. The van der Waals surface area contributed by atoms with Crippen molar-refractivity contribution in [1.29, 1.82) is 0 Å². The van der Waals surface area contributed by atoms with Crippen LogP contribution in [-0.2, 0) is 21.3 Å². The summed E-state index contributed by atoms with van der Waals surface area (Å²) in [7, 11) is 0. The Labute approximate surface area is 153 Å². The summed E-state index contributed by atoms with van der Waals surface area (Å²) in [5.74, 6) is -0.881. The van der Waals surface area contributed by atoms with E-state index < -0.39 is 42.0 Å². The fourth-order valence-electron chi connectivity index (χ4n) is 2.75. The molecule has 3 atom stereocenters. The van der Waals surface area contributed by atoms with Crippen LogP contribution in [0.15, 0.2) is 18.2 Å². The third-order valence-corrected chi connectivity index (χ3v) is 4.45. The number of halogens is 4. The molecule has 0 aliphatic carbocycles. The van der Waals surface area contributed by atoms with Crippen molar-refractivity contribution in [3.63, 3.8) is 0 Å². The maximum Gasteiger partial charge on any atom is 0.416 e. The minimum atomic E-state index is -4.56. The fraction of sp³-hybridized carbons (Fsp3) is 0.500. The summed E-state index contributed by atoms with van der Waals surface area (Å²) in [6.07, 6.45) is -5.07. The van der Waals surface area contributed by atoms with Crippen molar-refractivity contribution in [3.05, 3.63) is 34.3 Å². The van der Waals surface area contributed by atoms with Gasteiger partial charge in [-0.1, -0.05) is 17.7 Å². The number of benzene rings is 1. The molecule has 1 aromatic carbocycles. The molecule has 1 fully saturated rings. The lowest BCUT2D eigenvalue weighted by atomic mass is 9.91. The number of amides is 2. The molecule has 0 aromatic heterocycles. The second kappa shape index (κ2) is 7.42. The van der Waals surface area contributed by atoms with Gasteiger partial charge in [0.25, 0.3) is 0 Å². The van der Waals surface area contributed by atoms with Gasteiger partial charge < -0.3 is 15.7 Å². The van der Waals surface area contributed by atoms with Crippen molar-refractivity contribution >= 4 is 23.4 Å². The molecule has 4 N–H and O–H groups in total. The van der Waals surface area contributed by atoms with Gasteiger partial charge in [0.2, 0.25) is 11.8 Å². The van der Waals surface area contributed by atoms with Crippen LogP contribution in [0.25, 0.3) is 0 Å². The van der Waals surface area contributed by atoms with Crippen LogP contribution in [0.4, 0.5) is 13.2 Å². The van der Waals surface area contributed by atoms with E-state index >= 15 is 0 Å². The summed E-state index contributed by atoms with van der Waals surface area (Å²) in [5, 5.41) is 17.6. The summed E-state index contributed by atoms with van der Waals surface area (Å²) in [4.78, 5) is 24.1. The lowest BCUT2D eigenvalue weighted by molar-refractivity contribution is -0.137. The zero-order chi connectivity index (χ0) is 19.7. The molecule has 2 rings (SSSR count). The van der Waals surface area contributed by atoms with Crippen molar-refractivity contribution < 1.29 is 27.9 Å². The topological polar surface area (TPSA) is 90.5 Å². The third kappa shape index (κ3) is 4.46. The Hall–Kier alpha value is -1.84. The summed E-state index contributed by atoms with van der Waals surface area (Å²) >= 11 is 5.97. The van der Waals surface area contributed by atoms with Gasteiger partial charge in [0.15, 0.2) is 0 Å². The van der Waals surface area contributed by atoms with Crippen LogP contribution < -0.4 is 16.0 Å². The summed E-state index contributed by atoms with van der Waals surface area (Å²) in [5.41, 5.74) is -2.22. The van der Waals surface area contributed by atoms with Crippen molar-refractivity contribution in [3.8, 4) is 0 Å². The molecule has 2 unspecified atom stereocenters. The van der Waals surface area contributed by atoms with Gasteiger partial charge in [0.1, 0.15) is 0 Å². The largest absolute Gasteiger partial charge is 0.416 e. The van der Waals surface area contributed by atoms with Crippen LogP contribution in [0.2, 0.25) is 5.02 Å². The minimum absolute atomic E-state index is 0.0988. The van der Waals surface area contributed by atoms with Gasteiger partial charge in [-0.05, 0) is 31.5 Å². The molecule has 1 saturated heterocycles. The van der Waals surface area contributed by atoms with Gasteiger partial charge in [-0.2, -0.15) is 13.2 Å². The van der Waals surface area contributed by atoms with Crippen molar-refractivity contribution in [2.45, 2.75) is 44.2 Å². The van der Waals surface area contributed by atoms with Crippen LogP contribution in [-0.4, -0.2) is 35.7 Å². The second-order valence-electron chi connectivity index (χ2n) is 6.38. The van der Waals surface area contributed by atoms with Gasteiger partial charge in [0, 0.05) is 5.02 Å². The quantitative estimate of drug-likeness (QED) is 0.624. The van der Waals surface area contributed by atoms with Crippen LogP contribution >= 0.6 is 11.6 Å². The molecule has 2 amide bonds. The molecule has 1 aliphatic heterocycles. The van der Waals surface area contributed by atoms with Gasteiger partial charge in [-0.15, -0.1) is 0 Å². The summed E-state index contributed by atoms with van der Waals surface area (Å²) in [6.45, 7) is 2.50. The monoisotopic (exact) mass is 393 g/mol. The number of alkyl halides is 3. The van der Waals surface area contributed by atoms with E-state index in [0.29, 0.717) is 0 Å². The first-order chi connectivity index (χ1) is 12.0. The first kappa shape index (κ1) is 20.5. The molecule has 1 aliphatic rings. The highest BCUT2D eigenvalue weighted by atomic mass is 35.5. The molecule has 6 nitrogen and oxygen atoms in total. The Morgan fingerprint density at radius 3 is 2.58 bits per heavy atom. The number of carbonyl (C=O) groups is 2. The number of carbonyl (C=O) groups excluding carboxylic acids is 2. The molecular weight excluding hydrogens is 375 g/mol. The highest BCUT2D eigenvalue weighted by molar-refractivity contribution is 6.31. The lowest BCUT2D eigenvalue weighted by Gasteiger charge is -2.34. The molecule has 26 heavy (non-hydrogen) atoms. The molecular formula is C16H19ClF3N3O3. The van der Waals surface area contributed by atoms with Crippen LogP contribution in [0, 0.1) is 0 Å². The average Bonchev–Trinajstić information content (AvgIpc) is 2.52. The van der Waals surface area contributed by atoms with Crippen molar-refractivity contribution in [2.24, 2.45) is 0 Å². The molecule has 10 heteroatoms. The van der Waals surface area contributed by atoms with E-state index in [9.17, 15) is 27.9 Å². The zero-order valence-electron chi connectivity index (χ0n) is 14.1. The molecule has 1 aromatic rings. The Kier molecular flexibility index (Phi) is 5.84. The molecule has 0 bridgehead atoms. The average molecular weight is 394 g/mol. The Balaban J connectivity index is 2.25. The van der Waals surface area contributed by atoms with Crippen LogP contribution in [0.5, 0.6) is 0 Å². The zero-order valence-corrected chi connectivity index (χ0v) is 14.8. The molecule has 144 valence electrons. The number of hydrogen-bond donors (Lipinski definition) is 4. The Morgan fingerprint density at radius 1 is 1.42 bits per heavy atom. The lowest BCUT2D eigenvalue weighted by Crippen LogP contribution is -2.62. The number of aliphatic hydroxyl groups excluding tert-OH is 1. The van der Waals surface area contributed by atoms with E-state index in [1.54, 1.807) is 6.92 Å². The van der Waals surface area contributed by atoms with Gasteiger partial charge in [-0.25, -0.2) is 0 Å². The minimum Gasteiger partial charge on any atom is -0.394 e. The smallest absolute Gasteiger partial charge is 0.394 e. The van der Waals surface area contributed by atoms with Gasteiger partial charge >= 0.3 is 6.18 Å². The van der Waals surface area contributed by atoms with Crippen molar-refractivity contribution in [2.75, 3.05) is 6.61 Å².